The van der Waals surface area contributed by atoms with Crippen LogP contribution in [-0.4, -0.2) is 149 Å². The maximum Gasteiger partial charge on any atom is 0.128 e. The van der Waals surface area contributed by atoms with E-state index in [0.29, 0.717) is 113 Å². The van der Waals surface area contributed by atoms with Crippen molar-refractivity contribution >= 4 is 24.9 Å². The standard InChI is InChI=1S/C70H100N4O12/c1-67(2,3)55-35-47-33-51(65(55)77)45-83-27-25-79-21-22-80-26-28-84-46-52-34-48(36-56(66(52)78)68(4,5)6)42-72-60-18-14-16-20-62(60)74-44-50-38-54(40-58(64(50)76)70(10,11)12)86-32-30-82-24-23-81-29-31-85-53-37-49(63(75)57(39-53)69(7,8)9)43-73-61-19-15-13-17-59(61)71-41-47/h33-44,59-62,75-78H,13-32,45-46H2,1-12H3/t59-,60-,61-,62-/m0/s1. The maximum absolute atomic E-state index is 11.6. The van der Waals surface area contributed by atoms with Crippen molar-refractivity contribution < 1.29 is 58.3 Å². The van der Waals surface area contributed by atoms with Gasteiger partial charge in [-0.1, -0.05) is 109 Å². The van der Waals surface area contributed by atoms with Crippen LogP contribution < -0.4 is 9.47 Å². The highest BCUT2D eigenvalue weighted by Gasteiger charge is 2.29. The molecule has 472 valence electrons. The van der Waals surface area contributed by atoms with E-state index < -0.39 is 0 Å². The first-order valence-corrected chi connectivity index (χ1v) is 31.2. The van der Waals surface area contributed by atoms with Crippen LogP contribution in [0.15, 0.2) is 68.5 Å². The van der Waals surface area contributed by atoms with Crippen molar-refractivity contribution in [2.24, 2.45) is 20.0 Å². The molecule has 1 heterocycles. The molecule has 0 radical (unpaired) electrons. The molecular weight excluding hydrogens is 1090 g/mol. The number of rotatable bonds is 0. The summed E-state index contributed by atoms with van der Waals surface area (Å²) >= 11 is 0. The molecule has 1 aliphatic heterocycles. The number of aliphatic imine (C=N–C) groups is 4. The normalized spacial score (nSPS) is 21.5. The van der Waals surface area contributed by atoms with Gasteiger partial charge in [0.25, 0.3) is 0 Å². The van der Waals surface area contributed by atoms with Gasteiger partial charge in [0.15, 0.2) is 0 Å². The number of hydrogen-bond donors (Lipinski definition) is 4. The zero-order valence-electron chi connectivity index (χ0n) is 53.6. The summed E-state index contributed by atoms with van der Waals surface area (Å²) in [5, 5.41) is 46.2. The molecule has 0 aromatic heterocycles. The van der Waals surface area contributed by atoms with Gasteiger partial charge in [-0.3, -0.25) is 20.0 Å². The minimum absolute atomic E-state index is 0.0699. The number of aromatic hydroxyl groups is 4. The number of benzene rings is 4. The van der Waals surface area contributed by atoms with Crippen LogP contribution in [0, 0.1) is 0 Å². The monoisotopic (exact) mass is 1190 g/mol. The van der Waals surface area contributed by atoms with Gasteiger partial charge < -0.3 is 58.3 Å². The van der Waals surface area contributed by atoms with E-state index in [2.05, 4.69) is 83.1 Å². The third kappa shape index (κ3) is 20.1. The summed E-state index contributed by atoms with van der Waals surface area (Å²) in [5.74, 6) is 2.02. The first-order valence-electron chi connectivity index (χ1n) is 31.2. The van der Waals surface area contributed by atoms with E-state index in [1.807, 2.05) is 61.0 Å². The van der Waals surface area contributed by atoms with Crippen molar-refractivity contribution in [3.63, 3.8) is 0 Å². The topological polar surface area (TPSA) is 204 Å². The van der Waals surface area contributed by atoms with Crippen LogP contribution in [0.2, 0.25) is 0 Å². The van der Waals surface area contributed by atoms with Crippen molar-refractivity contribution in [3.8, 4) is 34.5 Å². The molecule has 4 aromatic rings. The third-order valence-corrected chi connectivity index (χ3v) is 15.9. The van der Waals surface area contributed by atoms with Crippen molar-refractivity contribution in [1.82, 2.24) is 0 Å². The zero-order chi connectivity index (χ0) is 62.1. The maximum atomic E-state index is 11.6. The molecule has 4 aromatic carbocycles. The second-order valence-corrected chi connectivity index (χ2v) is 27.2. The van der Waals surface area contributed by atoms with Gasteiger partial charge in [0.1, 0.15) is 47.7 Å². The average Bonchev–Trinajstić information content (AvgIpc) is 2.02. The number of phenolic OH excluding ortho intramolecular Hbond substituents is 4. The van der Waals surface area contributed by atoms with Crippen molar-refractivity contribution in [2.45, 2.75) is 193 Å². The number of fused-ring (bicyclic) bond motifs is 10. The van der Waals surface area contributed by atoms with E-state index in [4.69, 9.17) is 57.9 Å². The lowest BCUT2D eigenvalue weighted by Crippen LogP contribution is -2.27. The summed E-state index contributed by atoms with van der Waals surface area (Å²) < 4.78 is 48.1. The van der Waals surface area contributed by atoms with Gasteiger partial charge in [-0.25, -0.2) is 0 Å². The second-order valence-electron chi connectivity index (χ2n) is 27.2. The van der Waals surface area contributed by atoms with Crippen molar-refractivity contribution in [1.29, 1.82) is 0 Å². The molecule has 7 rings (SSSR count). The molecule has 0 spiro atoms. The quantitative estimate of drug-likeness (QED) is 0.130. The molecule has 16 heteroatoms. The Bertz CT molecular complexity index is 2750. The second kappa shape index (κ2) is 31.3. The van der Waals surface area contributed by atoms with Crippen LogP contribution in [0.4, 0.5) is 0 Å². The summed E-state index contributed by atoms with van der Waals surface area (Å²) in [6.45, 7) is 29.4. The Labute approximate surface area is 512 Å². The smallest absolute Gasteiger partial charge is 0.128 e. The van der Waals surface area contributed by atoms with Gasteiger partial charge in [-0.15, -0.1) is 0 Å². The van der Waals surface area contributed by atoms with Gasteiger partial charge in [-0.2, -0.15) is 0 Å². The molecule has 4 N–H and O–H groups in total. The molecule has 2 saturated carbocycles. The fourth-order valence-corrected chi connectivity index (χ4v) is 11.0. The fourth-order valence-electron chi connectivity index (χ4n) is 11.0. The number of ether oxygens (including phenoxy) is 8. The van der Waals surface area contributed by atoms with E-state index in [-0.39, 0.29) is 82.0 Å². The highest BCUT2D eigenvalue weighted by molar-refractivity contribution is 5.87. The lowest BCUT2D eigenvalue weighted by atomic mass is 9.84. The van der Waals surface area contributed by atoms with Crippen LogP contribution in [0.25, 0.3) is 0 Å². The molecule has 0 amide bonds. The third-order valence-electron chi connectivity index (χ3n) is 15.9. The van der Waals surface area contributed by atoms with Gasteiger partial charge in [0.05, 0.1) is 103 Å². The van der Waals surface area contributed by atoms with Gasteiger partial charge >= 0.3 is 0 Å². The molecule has 4 atom stereocenters. The first-order chi connectivity index (χ1) is 40.9. The number of hydrogen-bond acceptors (Lipinski definition) is 16. The Balaban J connectivity index is 1.06. The van der Waals surface area contributed by atoms with Crippen LogP contribution in [0.5, 0.6) is 34.5 Å². The van der Waals surface area contributed by atoms with Crippen molar-refractivity contribution in [2.75, 3.05) is 79.3 Å². The molecule has 2 aliphatic carbocycles. The molecule has 0 unspecified atom stereocenters. The Hall–Kier alpha value is -5.88. The molecule has 0 saturated heterocycles. The predicted octanol–water partition coefficient (Wildman–Crippen LogP) is 13.0. The summed E-state index contributed by atoms with van der Waals surface area (Å²) in [7, 11) is 0. The Morgan fingerprint density at radius 1 is 0.326 bits per heavy atom. The average molecular weight is 1190 g/mol. The summed E-state index contributed by atoms with van der Waals surface area (Å²) in [4.78, 5) is 20.4. The SMILES string of the molecule is CC(C)(C)c1cc2cc(c1O)C=N[C@H]1CCCC[C@@H]1N=Cc1cc(c(O)c(C(C)(C)C)c1)COCCOCCOCCOCc1cc(cc(C(C)(C)C)c1O)C=N[C@H]1CCCC[C@@H]1N=Cc1cc(cc(C(C)(C)C)c1O)OCCOCCOCCO2. The molecule has 8 bridgehead atoms. The summed E-state index contributed by atoms with van der Waals surface area (Å²) in [6.07, 6.45) is 15.0. The van der Waals surface area contributed by atoms with Gasteiger partial charge in [0, 0.05) is 69.4 Å². The molecular formula is C70H100N4O12. The Morgan fingerprint density at radius 3 is 0.919 bits per heavy atom. The highest BCUT2D eigenvalue weighted by atomic mass is 16.6. The van der Waals surface area contributed by atoms with Crippen LogP contribution in [0.1, 0.15) is 190 Å². The van der Waals surface area contributed by atoms with Crippen LogP contribution >= 0.6 is 0 Å². The Kier molecular flexibility index (Phi) is 24.6. The summed E-state index contributed by atoms with van der Waals surface area (Å²) in [6, 6.07) is 15.0. The predicted molar refractivity (Wildman–Crippen MR) is 343 cm³/mol. The van der Waals surface area contributed by atoms with Crippen molar-refractivity contribution in [3.05, 3.63) is 104 Å². The summed E-state index contributed by atoms with van der Waals surface area (Å²) in [5.41, 5.74) is 5.99. The van der Waals surface area contributed by atoms with E-state index in [9.17, 15) is 20.4 Å². The first kappa shape index (κ1) is 67.6. The number of phenols is 4. The molecule has 2 fully saturated rings. The minimum atomic E-state index is -0.368. The fraction of sp³-hybridized carbons (Fsp3) is 0.600. The van der Waals surface area contributed by atoms with Gasteiger partial charge in [-0.05, 0) is 107 Å². The zero-order valence-corrected chi connectivity index (χ0v) is 53.6. The van der Waals surface area contributed by atoms with E-state index >= 15 is 0 Å². The van der Waals surface area contributed by atoms with Crippen LogP contribution in [-0.2, 0) is 63.3 Å². The van der Waals surface area contributed by atoms with E-state index in [0.717, 1.165) is 84.7 Å². The highest BCUT2D eigenvalue weighted by Crippen LogP contribution is 2.40. The van der Waals surface area contributed by atoms with Gasteiger partial charge in [0.2, 0.25) is 0 Å². The minimum Gasteiger partial charge on any atom is -0.507 e. The van der Waals surface area contributed by atoms with E-state index in [1.165, 1.54) is 0 Å². The Morgan fingerprint density at radius 2 is 0.605 bits per heavy atom. The largest absolute Gasteiger partial charge is 0.507 e. The lowest BCUT2D eigenvalue weighted by Gasteiger charge is -2.26. The van der Waals surface area contributed by atoms with E-state index in [1.54, 1.807) is 12.4 Å². The van der Waals surface area contributed by atoms with Crippen LogP contribution in [0.3, 0.4) is 0 Å². The molecule has 86 heavy (non-hydrogen) atoms. The molecule has 3 aliphatic rings. The lowest BCUT2D eigenvalue weighted by molar-refractivity contribution is -0.00650. The number of nitrogens with zero attached hydrogens (tertiary/aromatic N) is 4. The molecule has 16 nitrogen and oxygen atoms in total.